The molecule has 3 rings (SSSR count). The number of pyridine rings is 1. The van der Waals surface area contributed by atoms with Crippen LogP contribution in [-0.4, -0.2) is 19.9 Å². The summed E-state index contributed by atoms with van der Waals surface area (Å²) in [5, 5.41) is 0. The first-order valence-corrected chi connectivity index (χ1v) is 8.24. The van der Waals surface area contributed by atoms with E-state index in [1.807, 2.05) is 39.8 Å². The molecule has 0 aliphatic rings. The molecule has 0 aliphatic heterocycles. The normalized spacial score (nSPS) is 11.0. The lowest BCUT2D eigenvalue weighted by Crippen LogP contribution is -2.17. The number of fused-ring (bicyclic) bond motifs is 1. The highest BCUT2D eigenvalue weighted by molar-refractivity contribution is 5.91. The first-order valence-electron chi connectivity index (χ1n) is 8.24. The maximum absolute atomic E-state index is 12.4. The molecule has 3 aromatic heterocycles. The van der Waals surface area contributed by atoms with Crippen molar-refractivity contribution >= 4 is 11.6 Å². The number of aromatic nitrogens is 3. The van der Waals surface area contributed by atoms with Crippen LogP contribution in [0.2, 0.25) is 0 Å². The van der Waals surface area contributed by atoms with E-state index in [0.29, 0.717) is 16.9 Å². The van der Waals surface area contributed by atoms with Crippen molar-refractivity contribution in [2.24, 2.45) is 0 Å². The Labute approximate surface area is 145 Å². The largest absolute Gasteiger partial charge is 0.456 e. The minimum atomic E-state index is -0.403. The van der Waals surface area contributed by atoms with Gasteiger partial charge in [-0.2, -0.15) is 0 Å². The topological polar surface area (TPSA) is 65.6 Å². The molecule has 0 unspecified atom stereocenters. The SMILES string of the molecule is CCn1c(C)cc(C(=O)OCc2cc(=O)n3cccc(C)c3n2)c1C. The fourth-order valence-corrected chi connectivity index (χ4v) is 3.09. The first kappa shape index (κ1) is 17.0. The third-order valence-corrected chi connectivity index (χ3v) is 4.40. The second-order valence-corrected chi connectivity index (χ2v) is 6.08. The Kier molecular flexibility index (Phi) is 4.44. The average molecular weight is 339 g/mol. The standard InChI is InChI=1S/C19H21N3O3/c1-5-21-13(3)9-16(14(21)4)19(24)25-11-15-10-17(23)22-8-6-7-12(2)18(22)20-15/h6-10H,5,11H2,1-4H3. The van der Waals surface area contributed by atoms with Gasteiger partial charge in [-0.25, -0.2) is 9.78 Å². The van der Waals surface area contributed by atoms with Gasteiger partial charge in [0.05, 0.1) is 11.3 Å². The Morgan fingerprint density at radius 2 is 2.00 bits per heavy atom. The maximum atomic E-state index is 12.4. The molecule has 0 saturated carbocycles. The minimum Gasteiger partial charge on any atom is -0.456 e. The van der Waals surface area contributed by atoms with Gasteiger partial charge in [-0.05, 0) is 45.4 Å². The zero-order valence-corrected chi connectivity index (χ0v) is 14.9. The van der Waals surface area contributed by atoms with Crippen LogP contribution in [0.4, 0.5) is 0 Å². The summed E-state index contributed by atoms with van der Waals surface area (Å²) in [6, 6.07) is 6.91. The van der Waals surface area contributed by atoms with Crippen LogP contribution in [0, 0.1) is 20.8 Å². The van der Waals surface area contributed by atoms with Crippen molar-refractivity contribution in [2.45, 2.75) is 40.8 Å². The van der Waals surface area contributed by atoms with Gasteiger partial charge in [0.25, 0.3) is 5.56 Å². The second kappa shape index (κ2) is 6.55. The van der Waals surface area contributed by atoms with Crippen LogP contribution in [0.15, 0.2) is 35.3 Å². The van der Waals surface area contributed by atoms with E-state index in [2.05, 4.69) is 9.55 Å². The lowest BCUT2D eigenvalue weighted by Gasteiger charge is -2.08. The number of ether oxygens (including phenoxy) is 1. The number of hydrogen-bond acceptors (Lipinski definition) is 4. The average Bonchev–Trinajstić information content (AvgIpc) is 2.87. The number of esters is 1. The lowest BCUT2D eigenvalue weighted by molar-refractivity contribution is 0.0466. The van der Waals surface area contributed by atoms with Gasteiger partial charge in [0.15, 0.2) is 0 Å². The van der Waals surface area contributed by atoms with Crippen molar-refractivity contribution in [3.63, 3.8) is 0 Å². The van der Waals surface area contributed by atoms with Crippen LogP contribution in [0.25, 0.3) is 5.65 Å². The van der Waals surface area contributed by atoms with Gasteiger partial charge in [-0.3, -0.25) is 9.20 Å². The Hall–Kier alpha value is -2.89. The molecule has 0 bridgehead atoms. The molecule has 0 aromatic carbocycles. The summed E-state index contributed by atoms with van der Waals surface area (Å²) >= 11 is 0. The van der Waals surface area contributed by atoms with E-state index in [-0.39, 0.29) is 12.2 Å². The highest BCUT2D eigenvalue weighted by atomic mass is 16.5. The van der Waals surface area contributed by atoms with Gasteiger partial charge in [-0.15, -0.1) is 0 Å². The molecule has 0 N–H and O–H groups in total. The number of aryl methyl sites for hydroxylation is 2. The molecule has 0 amide bonds. The van der Waals surface area contributed by atoms with Crippen LogP contribution in [0.3, 0.4) is 0 Å². The van der Waals surface area contributed by atoms with Crippen LogP contribution in [-0.2, 0) is 17.9 Å². The quantitative estimate of drug-likeness (QED) is 0.686. The fraction of sp³-hybridized carbons (Fsp3) is 0.316. The molecule has 0 aliphatic carbocycles. The third kappa shape index (κ3) is 3.07. The second-order valence-electron chi connectivity index (χ2n) is 6.08. The highest BCUT2D eigenvalue weighted by Gasteiger charge is 2.17. The zero-order valence-electron chi connectivity index (χ0n) is 14.9. The molecule has 6 nitrogen and oxygen atoms in total. The third-order valence-electron chi connectivity index (χ3n) is 4.40. The summed E-state index contributed by atoms with van der Waals surface area (Å²) in [5.74, 6) is -0.403. The molecule has 0 radical (unpaired) electrons. The van der Waals surface area contributed by atoms with E-state index in [1.54, 1.807) is 12.3 Å². The van der Waals surface area contributed by atoms with Crippen molar-refractivity contribution in [2.75, 3.05) is 0 Å². The van der Waals surface area contributed by atoms with Gasteiger partial charge in [0, 0.05) is 30.2 Å². The van der Waals surface area contributed by atoms with Gasteiger partial charge in [0.1, 0.15) is 12.3 Å². The molecule has 3 aromatic rings. The Bertz CT molecular complexity index is 1010. The molecule has 0 saturated heterocycles. The number of carbonyl (C=O) groups excluding carboxylic acids is 1. The number of nitrogens with zero attached hydrogens (tertiary/aromatic N) is 3. The van der Waals surface area contributed by atoms with Gasteiger partial charge in [0.2, 0.25) is 0 Å². The predicted molar refractivity (Wildman–Crippen MR) is 94.9 cm³/mol. The molecule has 6 heteroatoms. The summed E-state index contributed by atoms with van der Waals surface area (Å²) in [6.45, 7) is 8.54. The van der Waals surface area contributed by atoms with Crippen LogP contribution in [0.5, 0.6) is 0 Å². The summed E-state index contributed by atoms with van der Waals surface area (Å²) < 4.78 is 8.93. The summed E-state index contributed by atoms with van der Waals surface area (Å²) in [6.07, 6.45) is 1.67. The summed E-state index contributed by atoms with van der Waals surface area (Å²) in [7, 11) is 0. The van der Waals surface area contributed by atoms with Gasteiger partial charge >= 0.3 is 5.97 Å². The van der Waals surface area contributed by atoms with Crippen molar-refractivity contribution in [1.29, 1.82) is 0 Å². The minimum absolute atomic E-state index is 0.0330. The zero-order chi connectivity index (χ0) is 18.1. The smallest absolute Gasteiger partial charge is 0.340 e. The molecule has 0 fully saturated rings. The predicted octanol–water partition coefficient (Wildman–Crippen LogP) is 2.80. The van der Waals surface area contributed by atoms with Crippen LogP contribution in [0.1, 0.15) is 39.9 Å². The van der Waals surface area contributed by atoms with Crippen molar-refractivity contribution < 1.29 is 9.53 Å². The maximum Gasteiger partial charge on any atom is 0.340 e. The van der Waals surface area contributed by atoms with Gasteiger partial charge < -0.3 is 9.30 Å². The summed E-state index contributed by atoms with van der Waals surface area (Å²) in [5.41, 5.74) is 4.16. The molecule has 0 spiro atoms. The lowest BCUT2D eigenvalue weighted by atomic mass is 10.2. The number of carbonyl (C=O) groups is 1. The van der Waals surface area contributed by atoms with Crippen LogP contribution < -0.4 is 5.56 Å². The van der Waals surface area contributed by atoms with E-state index in [0.717, 1.165) is 23.5 Å². The molecular formula is C19H21N3O3. The molecule has 3 heterocycles. The van der Waals surface area contributed by atoms with E-state index >= 15 is 0 Å². The van der Waals surface area contributed by atoms with Crippen molar-refractivity contribution in [3.8, 4) is 0 Å². The highest BCUT2D eigenvalue weighted by Crippen LogP contribution is 2.16. The first-order chi connectivity index (χ1) is 11.9. The Balaban J connectivity index is 1.84. The van der Waals surface area contributed by atoms with E-state index in [9.17, 15) is 9.59 Å². The molecule has 0 atom stereocenters. The number of rotatable bonds is 4. The molecule has 130 valence electrons. The monoisotopic (exact) mass is 339 g/mol. The fourth-order valence-electron chi connectivity index (χ4n) is 3.09. The molecule has 25 heavy (non-hydrogen) atoms. The van der Waals surface area contributed by atoms with Crippen molar-refractivity contribution in [3.05, 3.63) is 69.0 Å². The van der Waals surface area contributed by atoms with Gasteiger partial charge in [-0.1, -0.05) is 6.07 Å². The number of hydrogen-bond donors (Lipinski definition) is 0. The Morgan fingerprint density at radius 1 is 1.24 bits per heavy atom. The van der Waals surface area contributed by atoms with Crippen molar-refractivity contribution in [1.82, 2.24) is 14.0 Å². The van der Waals surface area contributed by atoms with E-state index in [4.69, 9.17) is 4.74 Å². The summed E-state index contributed by atoms with van der Waals surface area (Å²) in [4.78, 5) is 29.0. The van der Waals surface area contributed by atoms with E-state index in [1.165, 1.54) is 10.5 Å². The van der Waals surface area contributed by atoms with E-state index < -0.39 is 5.97 Å². The molecular weight excluding hydrogens is 318 g/mol. The Morgan fingerprint density at radius 3 is 2.68 bits per heavy atom. The van der Waals surface area contributed by atoms with Crippen LogP contribution >= 0.6 is 0 Å².